The lowest BCUT2D eigenvalue weighted by Gasteiger charge is -2.23. The third-order valence-electron chi connectivity index (χ3n) is 9.71. The Morgan fingerprint density at radius 2 is 1.33 bits per heavy atom. The molecule has 45 heavy (non-hydrogen) atoms. The molecule has 2 nitrogen and oxygen atoms in total. The molecule has 3 N–H and O–H groups in total. The van der Waals surface area contributed by atoms with Gasteiger partial charge in [-0.2, -0.15) is 0 Å². The lowest BCUT2D eigenvalue weighted by Crippen LogP contribution is -2.28. The molecule has 0 heterocycles. The summed E-state index contributed by atoms with van der Waals surface area (Å²) in [5.74, 6) is 0. The van der Waals surface area contributed by atoms with Crippen molar-refractivity contribution in [1.82, 2.24) is 5.32 Å². The van der Waals surface area contributed by atoms with E-state index in [1.165, 1.54) is 65.7 Å². The molecular weight excluding hydrogens is 544 g/mol. The van der Waals surface area contributed by atoms with Gasteiger partial charge in [0, 0.05) is 16.7 Å². The fourth-order valence-corrected chi connectivity index (χ4v) is 7.37. The Hall–Kier alpha value is -5.18. The van der Waals surface area contributed by atoms with Crippen LogP contribution in [0.1, 0.15) is 47.8 Å². The zero-order valence-corrected chi connectivity index (χ0v) is 25.7. The molecule has 7 aromatic rings. The SMILES string of the molecule is CC1(C)c2cc3ccccc3cc2-c2c(/C(=C/Cc3cccc4ccc5ccccc5c34)NC(N)c3ccccc3)cccc21. The predicted molar refractivity (Wildman–Crippen MR) is 191 cm³/mol. The van der Waals surface area contributed by atoms with Crippen molar-refractivity contribution in [3.63, 3.8) is 0 Å². The van der Waals surface area contributed by atoms with Crippen LogP contribution in [0.2, 0.25) is 0 Å². The van der Waals surface area contributed by atoms with Crippen molar-refractivity contribution in [3.05, 3.63) is 173 Å². The van der Waals surface area contributed by atoms with Crippen LogP contribution in [-0.2, 0) is 11.8 Å². The molecule has 1 aliphatic rings. The first-order valence-electron chi connectivity index (χ1n) is 15.8. The van der Waals surface area contributed by atoms with E-state index < -0.39 is 0 Å². The van der Waals surface area contributed by atoms with Crippen LogP contribution < -0.4 is 11.1 Å². The molecule has 0 spiro atoms. The monoisotopic (exact) mass is 580 g/mol. The van der Waals surface area contributed by atoms with Gasteiger partial charge < -0.3 is 11.1 Å². The summed E-state index contributed by atoms with van der Waals surface area (Å²) >= 11 is 0. The van der Waals surface area contributed by atoms with Crippen molar-refractivity contribution in [2.45, 2.75) is 31.8 Å². The van der Waals surface area contributed by atoms with Gasteiger partial charge >= 0.3 is 0 Å². The molecular formula is C43H36N2. The second-order valence-corrected chi connectivity index (χ2v) is 12.8. The number of benzene rings is 7. The fourth-order valence-electron chi connectivity index (χ4n) is 7.37. The molecule has 0 bridgehead atoms. The molecule has 1 aliphatic carbocycles. The summed E-state index contributed by atoms with van der Waals surface area (Å²) in [4.78, 5) is 0. The van der Waals surface area contributed by atoms with Gasteiger partial charge in [0.1, 0.15) is 6.17 Å². The first-order valence-corrected chi connectivity index (χ1v) is 15.8. The first-order chi connectivity index (χ1) is 22.0. The largest absolute Gasteiger partial charge is 0.366 e. The topological polar surface area (TPSA) is 38.0 Å². The maximum Gasteiger partial charge on any atom is 0.101 e. The smallest absolute Gasteiger partial charge is 0.101 e. The number of hydrogen-bond donors (Lipinski definition) is 2. The van der Waals surface area contributed by atoms with E-state index in [1.807, 2.05) is 18.2 Å². The van der Waals surface area contributed by atoms with E-state index in [1.54, 1.807) is 0 Å². The van der Waals surface area contributed by atoms with Crippen LogP contribution >= 0.6 is 0 Å². The lowest BCUT2D eigenvalue weighted by molar-refractivity contribution is 0.659. The summed E-state index contributed by atoms with van der Waals surface area (Å²) in [6.45, 7) is 4.70. The highest BCUT2D eigenvalue weighted by molar-refractivity contribution is 6.09. The van der Waals surface area contributed by atoms with Crippen LogP contribution in [0.5, 0.6) is 0 Å². The minimum atomic E-state index is -0.354. The van der Waals surface area contributed by atoms with E-state index in [0.29, 0.717) is 0 Å². The number of allylic oxidation sites excluding steroid dienone is 1. The van der Waals surface area contributed by atoms with Gasteiger partial charge in [0.2, 0.25) is 0 Å². The summed E-state index contributed by atoms with van der Waals surface area (Å²) in [5, 5.41) is 11.4. The quantitative estimate of drug-likeness (QED) is 0.152. The van der Waals surface area contributed by atoms with E-state index in [9.17, 15) is 0 Å². The zero-order valence-electron chi connectivity index (χ0n) is 25.7. The van der Waals surface area contributed by atoms with Crippen molar-refractivity contribution in [3.8, 4) is 11.1 Å². The Labute approximate surface area is 264 Å². The Bertz CT molecular complexity index is 2260. The fraction of sp³-hybridized carbons (Fsp3) is 0.116. The van der Waals surface area contributed by atoms with E-state index in [2.05, 4.69) is 147 Å². The summed E-state index contributed by atoms with van der Waals surface area (Å²) < 4.78 is 0. The van der Waals surface area contributed by atoms with Crippen LogP contribution in [0, 0.1) is 0 Å². The standard InChI is InChI=1S/C43H36N2/c1-43(2)37-21-11-20-35(41(37)36-26-32-15-6-7-16-33(32)27-38(36)43)39(45-42(44)31-13-4-3-5-14-31)25-24-30-18-10-17-29-23-22-28-12-8-9-19-34(28)40(29)30/h3-23,25-27,42,45H,24,44H2,1-2H3/b39-25-. The molecule has 0 saturated heterocycles. The number of hydrogen-bond acceptors (Lipinski definition) is 2. The maximum absolute atomic E-state index is 6.88. The highest BCUT2D eigenvalue weighted by Crippen LogP contribution is 2.52. The van der Waals surface area contributed by atoms with Crippen LogP contribution in [0.4, 0.5) is 0 Å². The Balaban J connectivity index is 1.31. The molecule has 0 aliphatic heterocycles. The highest BCUT2D eigenvalue weighted by atomic mass is 15.0. The molecule has 0 amide bonds. The number of nitrogens with one attached hydrogen (secondary N) is 1. The zero-order chi connectivity index (χ0) is 30.5. The highest BCUT2D eigenvalue weighted by Gasteiger charge is 2.37. The number of fused-ring (bicyclic) bond motifs is 7. The van der Waals surface area contributed by atoms with Gasteiger partial charge in [0.15, 0.2) is 0 Å². The van der Waals surface area contributed by atoms with Crippen molar-refractivity contribution in [2.75, 3.05) is 0 Å². The van der Waals surface area contributed by atoms with E-state index in [4.69, 9.17) is 5.73 Å². The molecule has 8 rings (SSSR count). The Morgan fingerprint density at radius 1 is 0.667 bits per heavy atom. The summed E-state index contributed by atoms with van der Waals surface area (Å²) in [7, 11) is 0. The van der Waals surface area contributed by atoms with E-state index in [0.717, 1.165) is 17.7 Å². The third kappa shape index (κ3) is 4.61. The van der Waals surface area contributed by atoms with Gasteiger partial charge in [-0.05, 0) is 84.3 Å². The minimum Gasteiger partial charge on any atom is -0.366 e. The van der Waals surface area contributed by atoms with E-state index >= 15 is 0 Å². The molecule has 1 atom stereocenters. The van der Waals surface area contributed by atoms with Crippen molar-refractivity contribution in [1.29, 1.82) is 0 Å². The first kappa shape index (κ1) is 27.4. The molecule has 7 aromatic carbocycles. The van der Waals surface area contributed by atoms with Gasteiger partial charge in [0.05, 0.1) is 0 Å². The molecule has 218 valence electrons. The molecule has 0 saturated carbocycles. The average Bonchev–Trinajstić information content (AvgIpc) is 3.31. The van der Waals surface area contributed by atoms with Gasteiger partial charge in [0.25, 0.3) is 0 Å². The number of nitrogens with two attached hydrogens (primary N) is 1. The normalized spacial score (nSPS) is 14.4. The average molecular weight is 581 g/mol. The predicted octanol–water partition coefficient (Wildman–Crippen LogP) is 10.3. The van der Waals surface area contributed by atoms with Gasteiger partial charge in [-0.1, -0.05) is 147 Å². The minimum absolute atomic E-state index is 0.119. The van der Waals surface area contributed by atoms with Gasteiger partial charge in [-0.3, -0.25) is 0 Å². The molecule has 1 unspecified atom stereocenters. The summed E-state index contributed by atoms with van der Waals surface area (Å²) in [6.07, 6.45) is 2.76. The van der Waals surface area contributed by atoms with Crippen molar-refractivity contribution >= 4 is 38.0 Å². The van der Waals surface area contributed by atoms with Crippen LogP contribution in [0.3, 0.4) is 0 Å². The van der Waals surface area contributed by atoms with Crippen molar-refractivity contribution in [2.24, 2.45) is 5.73 Å². The second-order valence-electron chi connectivity index (χ2n) is 12.8. The van der Waals surface area contributed by atoms with Crippen molar-refractivity contribution < 1.29 is 0 Å². The van der Waals surface area contributed by atoms with Crippen LogP contribution in [-0.4, -0.2) is 0 Å². The number of rotatable bonds is 6. The van der Waals surface area contributed by atoms with Gasteiger partial charge in [-0.25, -0.2) is 0 Å². The molecule has 2 heteroatoms. The summed E-state index contributed by atoms with van der Waals surface area (Å²) in [6, 6.07) is 50.3. The second kappa shape index (κ2) is 10.8. The third-order valence-corrected chi connectivity index (χ3v) is 9.71. The van der Waals surface area contributed by atoms with Gasteiger partial charge in [-0.15, -0.1) is 0 Å². The maximum atomic E-state index is 6.88. The molecule has 0 aromatic heterocycles. The molecule has 0 radical (unpaired) electrons. The van der Waals surface area contributed by atoms with E-state index in [-0.39, 0.29) is 11.6 Å². The van der Waals surface area contributed by atoms with Crippen LogP contribution in [0.25, 0.3) is 49.1 Å². The summed E-state index contributed by atoms with van der Waals surface area (Å²) in [5.41, 5.74) is 16.7. The molecule has 0 fully saturated rings. The Morgan fingerprint density at radius 3 is 2.16 bits per heavy atom. The Kier molecular flexibility index (Phi) is 6.55. The van der Waals surface area contributed by atoms with Crippen LogP contribution in [0.15, 0.2) is 146 Å². The lowest BCUT2D eigenvalue weighted by atomic mass is 9.81.